The fourth-order valence-corrected chi connectivity index (χ4v) is 3.31. The molecule has 1 N–H and O–H groups in total. The summed E-state index contributed by atoms with van der Waals surface area (Å²) in [6.45, 7) is 1.57. The highest BCUT2D eigenvalue weighted by atomic mass is 35.5. The molecule has 22 heavy (non-hydrogen) atoms. The minimum atomic E-state index is -4.61. The van der Waals surface area contributed by atoms with Crippen molar-refractivity contribution in [3.63, 3.8) is 0 Å². The van der Waals surface area contributed by atoms with Gasteiger partial charge in [0.15, 0.2) is 4.34 Å². The maximum Gasteiger partial charge on any atom is 0.418 e. The zero-order valence-corrected chi connectivity index (χ0v) is 13.4. The first-order valence-corrected chi connectivity index (χ1v) is 8.01. The zero-order chi connectivity index (χ0) is 16.3. The number of amides is 1. The maximum atomic E-state index is 13.0. The molecule has 4 nitrogen and oxygen atoms in total. The Hall–Kier alpha value is -1.32. The molecule has 1 aromatic heterocycles. The largest absolute Gasteiger partial charge is 0.418 e. The average Bonchev–Trinajstić information content (AvgIpc) is 2.92. The fourth-order valence-electron chi connectivity index (χ4n) is 1.51. The topological polar surface area (TPSA) is 54.9 Å². The number of nitrogens with zero attached hydrogens (tertiary/aromatic N) is 2. The monoisotopic (exact) mass is 367 g/mol. The SMILES string of the molecule is C[C@@H](Sc1nncs1)C(=O)Nc1ccc(Cl)cc1C(F)(F)F. The van der Waals surface area contributed by atoms with E-state index in [0.717, 1.165) is 23.9 Å². The van der Waals surface area contributed by atoms with Crippen LogP contribution >= 0.6 is 34.7 Å². The predicted molar refractivity (Wildman–Crippen MR) is 80.3 cm³/mol. The second kappa shape index (κ2) is 6.84. The van der Waals surface area contributed by atoms with Crippen molar-refractivity contribution >= 4 is 46.3 Å². The van der Waals surface area contributed by atoms with Crippen LogP contribution < -0.4 is 5.32 Å². The standard InChI is InChI=1S/C12H9ClF3N3OS2/c1-6(22-11-19-17-5-21-11)10(20)18-9-3-2-7(13)4-8(9)12(14,15)16/h2-6H,1H3,(H,18,20)/t6-/m1/s1. The summed E-state index contributed by atoms with van der Waals surface area (Å²) in [5.41, 5.74) is 0.196. The first-order valence-electron chi connectivity index (χ1n) is 5.88. The van der Waals surface area contributed by atoms with Gasteiger partial charge >= 0.3 is 6.18 Å². The number of nitrogens with one attached hydrogen (secondary N) is 1. The number of rotatable bonds is 4. The van der Waals surface area contributed by atoms with Crippen LogP contribution in [0, 0.1) is 0 Å². The lowest BCUT2D eigenvalue weighted by atomic mass is 10.1. The lowest BCUT2D eigenvalue weighted by molar-refractivity contribution is -0.137. The molecule has 118 valence electrons. The summed E-state index contributed by atoms with van der Waals surface area (Å²) < 4.78 is 39.4. The van der Waals surface area contributed by atoms with Gasteiger partial charge in [0.05, 0.1) is 16.5 Å². The third-order valence-corrected chi connectivity index (χ3v) is 4.68. The van der Waals surface area contributed by atoms with Crippen LogP contribution in [0.1, 0.15) is 12.5 Å². The first kappa shape index (κ1) is 17.0. The fraction of sp³-hybridized carbons (Fsp3) is 0.250. The Labute approximate surface area is 137 Å². The third kappa shape index (κ3) is 4.34. The van der Waals surface area contributed by atoms with Gasteiger partial charge in [-0.2, -0.15) is 13.2 Å². The van der Waals surface area contributed by atoms with E-state index in [9.17, 15) is 18.0 Å². The number of benzene rings is 1. The molecular weight excluding hydrogens is 359 g/mol. The van der Waals surface area contributed by atoms with Crippen LogP contribution in [0.4, 0.5) is 18.9 Å². The highest BCUT2D eigenvalue weighted by Gasteiger charge is 2.34. The van der Waals surface area contributed by atoms with Gasteiger partial charge in [0.1, 0.15) is 5.51 Å². The molecule has 0 spiro atoms. The number of hydrogen-bond donors (Lipinski definition) is 1. The Kier molecular flexibility index (Phi) is 5.30. The van der Waals surface area contributed by atoms with Crippen LogP contribution in [0.2, 0.25) is 5.02 Å². The molecule has 0 radical (unpaired) electrons. The second-order valence-corrected chi connectivity index (χ2v) is 7.00. The predicted octanol–water partition coefficient (Wildman–Crippen LogP) is 4.33. The van der Waals surface area contributed by atoms with Crippen LogP contribution in [0.15, 0.2) is 28.0 Å². The van der Waals surface area contributed by atoms with E-state index in [1.807, 2.05) is 0 Å². The molecule has 1 heterocycles. The van der Waals surface area contributed by atoms with Gasteiger partial charge in [0.25, 0.3) is 0 Å². The summed E-state index contributed by atoms with van der Waals surface area (Å²) in [6.07, 6.45) is -4.61. The van der Waals surface area contributed by atoms with E-state index in [1.165, 1.54) is 22.9 Å². The summed E-state index contributed by atoms with van der Waals surface area (Å²) in [6, 6.07) is 3.19. The van der Waals surface area contributed by atoms with Gasteiger partial charge in [-0.25, -0.2) is 0 Å². The minimum absolute atomic E-state index is 0.0541. The molecule has 2 rings (SSSR count). The van der Waals surface area contributed by atoms with Crippen molar-refractivity contribution in [2.24, 2.45) is 0 Å². The quantitative estimate of drug-likeness (QED) is 0.817. The first-order chi connectivity index (χ1) is 10.3. The molecule has 1 atom stereocenters. The lowest BCUT2D eigenvalue weighted by Crippen LogP contribution is -2.24. The van der Waals surface area contributed by atoms with E-state index in [4.69, 9.17) is 11.6 Å². The molecule has 1 amide bonds. The van der Waals surface area contributed by atoms with Crippen molar-refractivity contribution in [1.82, 2.24) is 10.2 Å². The van der Waals surface area contributed by atoms with Gasteiger partial charge in [-0.05, 0) is 25.1 Å². The van der Waals surface area contributed by atoms with Gasteiger partial charge in [-0.1, -0.05) is 34.7 Å². The summed E-state index contributed by atoms with van der Waals surface area (Å²) in [5.74, 6) is -0.562. The smallest absolute Gasteiger partial charge is 0.325 e. The van der Waals surface area contributed by atoms with E-state index < -0.39 is 22.9 Å². The number of thioether (sulfide) groups is 1. The zero-order valence-electron chi connectivity index (χ0n) is 11.0. The molecule has 0 aliphatic carbocycles. The molecule has 0 fully saturated rings. The van der Waals surface area contributed by atoms with E-state index in [1.54, 1.807) is 6.92 Å². The number of carbonyl (C=O) groups excluding carboxylic acids is 1. The number of alkyl halides is 3. The lowest BCUT2D eigenvalue weighted by Gasteiger charge is -2.16. The highest BCUT2D eigenvalue weighted by molar-refractivity contribution is 8.02. The van der Waals surface area contributed by atoms with Crippen LogP contribution in [-0.2, 0) is 11.0 Å². The van der Waals surface area contributed by atoms with E-state index in [0.29, 0.717) is 4.34 Å². The normalized spacial score (nSPS) is 13.0. The Morgan fingerprint density at radius 2 is 2.18 bits per heavy atom. The van der Waals surface area contributed by atoms with Crippen LogP contribution in [-0.4, -0.2) is 21.4 Å². The second-order valence-electron chi connectivity index (χ2n) is 4.14. The molecule has 0 saturated carbocycles. The van der Waals surface area contributed by atoms with Crippen LogP contribution in [0.25, 0.3) is 0 Å². The summed E-state index contributed by atoms with van der Waals surface area (Å²) in [5, 5.41) is 9.00. The molecule has 2 aromatic rings. The van der Waals surface area contributed by atoms with Crippen molar-refractivity contribution in [3.05, 3.63) is 34.3 Å². The van der Waals surface area contributed by atoms with Crippen molar-refractivity contribution in [3.8, 4) is 0 Å². The van der Waals surface area contributed by atoms with Gasteiger partial charge in [0, 0.05) is 5.02 Å². The third-order valence-electron chi connectivity index (χ3n) is 2.53. The summed E-state index contributed by atoms with van der Waals surface area (Å²) >= 11 is 7.95. The summed E-state index contributed by atoms with van der Waals surface area (Å²) in [4.78, 5) is 12.0. The Morgan fingerprint density at radius 3 is 2.77 bits per heavy atom. The molecule has 0 unspecified atom stereocenters. The Morgan fingerprint density at radius 1 is 1.45 bits per heavy atom. The van der Waals surface area contributed by atoms with Crippen LogP contribution in [0.3, 0.4) is 0 Å². The van der Waals surface area contributed by atoms with Crippen LogP contribution in [0.5, 0.6) is 0 Å². The molecule has 0 aliphatic rings. The van der Waals surface area contributed by atoms with Gasteiger partial charge in [0.2, 0.25) is 5.91 Å². The van der Waals surface area contributed by atoms with E-state index >= 15 is 0 Å². The number of anilines is 1. The Balaban J connectivity index is 2.14. The van der Waals surface area contributed by atoms with Gasteiger partial charge in [-0.3, -0.25) is 4.79 Å². The molecule has 0 bridgehead atoms. The molecule has 1 aromatic carbocycles. The van der Waals surface area contributed by atoms with Gasteiger partial charge < -0.3 is 5.32 Å². The minimum Gasteiger partial charge on any atom is -0.325 e. The van der Waals surface area contributed by atoms with E-state index in [2.05, 4.69) is 15.5 Å². The van der Waals surface area contributed by atoms with Crippen molar-refractivity contribution in [2.45, 2.75) is 22.7 Å². The van der Waals surface area contributed by atoms with Crippen molar-refractivity contribution in [1.29, 1.82) is 0 Å². The Bertz CT molecular complexity index is 664. The number of aromatic nitrogens is 2. The maximum absolute atomic E-state index is 13.0. The van der Waals surface area contributed by atoms with Gasteiger partial charge in [-0.15, -0.1) is 10.2 Å². The number of hydrogen-bond acceptors (Lipinski definition) is 5. The number of halogens is 4. The van der Waals surface area contributed by atoms with Crippen molar-refractivity contribution < 1.29 is 18.0 Å². The number of carbonyl (C=O) groups is 1. The molecule has 0 aliphatic heterocycles. The average molecular weight is 368 g/mol. The molecule has 0 saturated heterocycles. The van der Waals surface area contributed by atoms with Crippen molar-refractivity contribution in [2.75, 3.05) is 5.32 Å². The molecular formula is C12H9ClF3N3OS2. The highest BCUT2D eigenvalue weighted by Crippen LogP contribution is 2.37. The van der Waals surface area contributed by atoms with E-state index in [-0.39, 0.29) is 10.7 Å². The summed E-state index contributed by atoms with van der Waals surface area (Å²) in [7, 11) is 0. The molecule has 10 heteroatoms.